The monoisotopic (exact) mass is 355 g/mol. The van der Waals surface area contributed by atoms with Crippen molar-refractivity contribution in [1.82, 2.24) is 10.2 Å². The number of thioether (sulfide) groups is 1. The molecule has 122 valence electrons. The minimum absolute atomic E-state index is 0.152. The Hall–Kier alpha value is -2.18. The first-order chi connectivity index (χ1) is 11.7. The zero-order chi connectivity index (χ0) is 16.8. The first-order valence-corrected chi connectivity index (χ1v) is 9.71. The van der Waals surface area contributed by atoms with E-state index < -0.39 is 0 Å². The molecule has 0 aliphatic rings. The second-order valence-corrected chi connectivity index (χ2v) is 7.18. The number of aromatic nitrogens is 2. The van der Waals surface area contributed by atoms with E-state index in [4.69, 9.17) is 0 Å². The van der Waals surface area contributed by atoms with E-state index in [1.807, 2.05) is 48.7 Å². The van der Waals surface area contributed by atoms with E-state index >= 15 is 0 Å². The van der Waals surface area contributed by atoms with Crippen LogP contribution < -0.4 is 5.32 Å². The van der Waals surface area contributed by atoms with Crippen LogP contribution in [-0.2, 0) is 12.2 Å². The van der Waals surface area contributed by atoms with E-state index in [2.05, 4.69) is 27.6 Å². The van der Waals surface area contributed by atoms with E-state index in [1.165, 1.54) is 16.9 Å². The molecular formula is C18H17N3OS2. The highest BCUT2D eigenvalue weighted by molar-refractivity contribution is 7.97. The molecule has 1 amide bonds. The third-order valence-corrected chi connectivity index (χ3v) is 4.85. The number of hydrogen-bond acceptors (Lipinski definition) is 5. The lowest BCUT2D eigenvalue weighted by molar-refractivity contribution is 0.102. The number of amides is 1. The fourth-order valence-corrected chi connectivity index (χ4v) is 3.57. The van der Waals surface area contributed by atoms with Crippen molar-refractivity contribution in [2.24, 2.45) is 0 Å². The van der Waals surface area contributed by atoms with Gasteiger partial charge in [-0.1, -0.05) is 53.8 Å². The number of hydrogen-bond donors (Lipinski definition) is 1. The summed E-state index contributed by atoms with van der Waals surface area (Å²) in [6.45, 7) is 0. The maximum absolute atomic E-state index is 12.4. The Morgan fingerprint density at radius 3 is 2.67 bits per heavy atom. The molecule has 0 radical (unpaired) electrons. The Bertz CT molecular complexity index is 818. The Kier molecular flexibility index (Phi) is 5.61. The van der Waals surface area contributed by atoms with Gasteiger partial charge in [0.05, 0.1) is 0 Å². The molecule has 2 aromatic carbocycles. The van der Waals surface area contributed by atoms with Crippen LogP contribution in [0.5, 0.6) is 0 Å². The first kappa shape index (κ1) is 16.7. The predicted octanol–water partition coefficient (Wildman–Crippen LogP) is 4.24. The van der Waals surface area contributed by atoms with Crippen molar-refractivity contribution in [3.05, 3.63) is 76.3 Å². The molecule has 0 saturated carbocycles. The molecule has 0 spiro atoms. The molecule has 1 heterocycles. The molecule has 24 heavy (non-hydrogen) atoms. The van der Waals surface area contributed by atoms with Gasteiger partial charge in [-0.25, -0.2) is 0 Å². The van der Waals surface area contributed by atoms with E-state index in [9.17, 15) is 4.79 Å². The number of nitrogens with zero attached hydrogens (tertiary/aromatic N) is 2. The molecule has 0 aliphatic heterocycles. The number of anilines is 1. The lowest BCUT2D eigenvalue weighted by Crippen LogP contribution is -2.11. The standard InChI is InChI=1S/C18H17N3OS2/c1-23-12-14-8-5-9-15(10-14)17(22)19-18-21-20-16(24-18)11-13-6-3-2-4-7-13/h2-10H,11-12H2,1H3,(H,19,21,22). The lowest BCUT2D eigenvalue weighted by atomic mass is 10.1. The van der Waals surface area contributed by atoms with Gasteiger partial charge >= 0.3 is 0 Å². The van der Waals surface area contributed by atoms with Gasteiger partial charge < -0.3 is 0 Å². The molecule has 0 atom stereocenters. The summed E-state index contributed by atoms with van der Waals surface area (Å²) < 4.78 is 0. The van der Waals surface area contributed by atoms with E-state index in [0.29, 0.717) is 10.7 Å². The Balaban J connectivity index is 1.66. The molecule has 6 heteroatoms. The minimum Gasteiger partial charge on any atom is -0.296 e. The summed E-state index contributed by atoms with van der Waals surface area (Å²) in [5, 5.41) is 12.5. The summed E-state index contributed by atoms with van der Waals surface area (Å²) >= 11 is 3.14. The normalized spacial score (nSPS) is 10.5. The van der Waals surface area contributed by atoms with Crippen molar-refractivity contribution >= 4 is 34.1 Å². The number of benzene rings is 2. The van der Waals surface area contributed by atoms with Gasteiger partial charge in [0.1, 0.15) is 5.01 Å². The van der Waals surface area contributed by atoms with Crippen molar-refractivity contribution in [2.75, 3.05) is 11.6 Å². The van der Waals surface area contributed by atoms with Crippen LogP contribution in [0.15, 0.2) is 54.6 Å². The third-order valence-electron chi connectivity index (χ3n) is 3.39. The van der Waals surface area contributed by atoms with Gasteiger partial charge in [0.25, 0.3) is 5.91 Å². The summed E-state index contributed by atoms with van der Waals surface area (Å²) in [6, 6.07) is 17.7. The van der Waals surface area contributed by atoms with Gasteiger partial charge in [-0.05, 0) is 29.5 Å². The van der Waals surface area contributed by atoms with E-state index in [1.54, 1.807) is 11.8 Å². The second kappa shape index (κ2) is 8.08. The summed E-state index contributed by atoms with van der Waals surface area (Å²) in [7, 11) is 0. The smallest absolute Gasteiger partial charge is 0.257 e. The molecule has 0 unspecified atom stereocenters. The van der Waals surface area contributed by atoms with Crippen LogP contribution in [0.1, 0.15) is 26.5 Å². The number of carbonyl (C=O) groups excluding carboxylic acids is 1. The summed E-state index contributed by atoms with van der Waals surface area (Å²) in [5.41, 5.74) is 2.95. The quantitative estimate of drug-likeness (QED) is 0.718. The molecule has 1 aromatic heterocycles. The fraction of sp³-hybridized carbons (Fsp3) is 0.167. The average molecular weight is 355 g/mol. The van der Waals surface area contributed by atoms with Crippen LogP contribution >= 0.6 is 23.1 Å². The molecule has 1 N–H and O–H groups in total. The summed E-state index contributed by atoms with van der Waals surface area (Å²) in [5.74, 6) is 0.738. The van der Waals surface area contributed by atoms with Gasteiger partial charge in [0.2, 0.25) is 5.13 Å². The van der Waals surface area contributed by atoms with Crippen LogP contribution in [0.4, 0.5) is 5.13 Å². The lowest BCUT2D eigenvalue weighted by Gasteiger charge is -2.03. The number of rotatable bonds is 6. The fourth-order valence-electron chi connectivity index (χ4n) is 2.28. The molecular weight excluding hydrogens is 338 g/mol. The van der Waals surface area contributed by atoms with Crippen molar-refractivity contribution in [2.45, 2.75) is 12.2 Å². The summed E-state index contributed by atoms with van der Waals surface area (Å²) in [6.07, 6.45) is 2.76. The van der Waals surface area contributed by atoms with Gasteiger partial charge in [0.15, 0.2) is 0 Å². The first-order valence-electron chi connectivity index (χ1n) is 7.50. The predicted molar refractivity (Wildman–Crippen MR) is 101 cm³/mol. The van der Waals surface area contributed by atoms with Gasteiger partial charge in [-0.2, -0.15) is 11.8 Å². The molecule has 0 aliphatic carbocycles. The molecule has 4 nitrogen and oxygen atoms in total. The van der Waals surface area contributed by atoms with Gasteiger partial charge in [-0.3, -0.25) is 10.1 Å². The third kappa shape index (κ3) is 4.43. The van der Waals surface area contributed by atoms with E-state index in [-0.39, 0.29) is 5.91 Å². The maximum Gasteiger partial charge on any atom is 0.257 e. The van der Waals surface area contributed by atoms with Crippen LogP contribution in [0.2, 0.25) is 0 Å². The number of carbonyl (C=O) groups is 1. The molecule has 0 fully saturated rings. The van der Waals surface area contributed by atoms with Crippen molar-refractivity contribution in [3.63, 3.8) is 0 Å². The van der Waals surface area contributed by atoms with Crippen molar-refractivity contribution < 1.29 is 4.79 Å². The maximum atomic E-state index is 12.4. The highest BCUT2D eigenvalue weighted by atomic mass is 32.2. The van der Waals surface area contributed by atoms with Crippen LogP contribution in [0.3, 0.4) is 0 Å². The van der Waals surface area contributed by atoms with E-state index in [0.717, 1.165) is 22.7 Å². The zero-order valence-electron chi connectivity index (χ0n) is 13.2. The van der Waals surface area contributed by atoms with Crippen molar-refractivity contribution in [1.29, 1.82) is 0 Å². The largest absolute Gasteiger partial charge is 0.296 e. The zero-order valence-corrected chi connectivity index (χ0v) is 14.9. The SMILES string of the molecule is CSCc1cccc(C(=O)Nc2nnc(Cc3ccccc3)s2)c1. The Labute approximate surface area is 149 Å². The number of nitrogens with one attached hydrogen (secondary N) is 1. The highest BCUT2D eigenvalue weighted by Gasteiger charge is 2.11. The Morgan fingerprint density at radius 1 is 1.08 bits per heavy atom. The molecule has 0 bridgehead atoms. The van der Waals surface area contributed by atoms with Crippen LogP contribution in [-0.4, -0.2) is 22.4 Å². The average Bonchev–Trinajstić information content (AvgIpc) is 3.03. The summed E-state index contributed by atoms with van der Waals surface area (Å²) in [4.78, 5) is 12.4. The van der Waals surface area contributed by atoms with Crippen LogP contribution in [0.25, 0.3) is 0 Å². The molecule has 3 aromatic rings. The Morgan fingerprint density at radius 2 is 1.88 bits per heavy atom. The van der Waals surface area contributed by atoms with Crippen LogP contribution in [0, 0.1) is 0 Å². The minimum atomic E-state index is -0.152. The second-order valence-electron chi connectivity index (χ2n) is 5.25. The highest BCUT2D eigenvalue weighted by Crippen LogP contribution is 2.20. The molecule has 3 rings (SSSR count). The van der Waals surface area contributed by atoms with Crippen molar-refractivity contribution in [3.8, 4) is 0 Å². The van der Waals surface area contributed by atoms with Gasteiger partial charge in [0, 0.05) is 17.7 Å². The molecule has 0 saturated heterocycles. The topological polar surface area (TPSA) is 54.9 Å². The van der Waals surface area contributed by atoms with Gasteiger partial charge in [-0.15, -0.1) is 10.2 Å².